The minimum absolute atomic E-state index is 0.0127. The van der Waals surface area contributed by atoms with Crippen LogP contribution in [0.15, 0.2) is 70.5 Å². The molecule has 3 heterocycles. The summed E-state index contributed by atoms with van der Waals surface area (Å²) in [6, 6.07) is 17.8. The molecule has 29 heavy (non-hydrogen) atoms. The van der Waals surface area contributed by atoms with Crippen LogP contribution in [0, 0.1) is 0 Å². The predicted octanol–water partition coefficient (Wildman–Crippen LogP) is 4.17. The molecule has 1 amide bonds. The summed E-state index contributed by atoms with van der Waals surface area (Å²) in [5, 5.41) is 16.0. The van der Waals surface area contributed by atoms with Crippen molar-refractivity contribution in [1.29, 1.82) is 0 Å². The van der Waals surface area contributed by atoms with Gasteiger partial charge in [0.05, 0.1) is 10.9 Å². The number of hydrogen-bond donors (Lipinski definition) is 2. The first kappa shape index (κ1) is 19.7. The van der Waals surface area contributed by atoms with Gasteiger partial charge in [0.25, 0.3) is 0 Å². The van der Waals surface area contributed by atoms with Crippen LogP contribution in [0.3, 0.4) is 0 Å². The minimum Gasteiger partial charge on any atom is -0.344 e. The van der Waals surface area contributed by atoms with Gasteiger partial charge in [-0.25, -0.2) is 4.68 Å². The number of carbonyl (C=O) groups is 1. The summed E-state index contributed by atoms with van der Waals surface area (Å²) >= 11 is 4.62. The number of aromatic nitrogens is 3. The first-order valence-electron chi connectivity index (χ1n) is 8.97. The van der Waals surface area contributed by atoms with Gasteiger partial charge in [-0.2, -0.15) is 0 Å². The van der Waals surface area contributed by atoms with Crippen molar-refractivity contribution in [2.45, 2.75) is 17.6 Å². The second-order valence-corrected chi connectivity index (χ2v) is 9.17. The highest BCUT2D eigenvalue weighted by Gasteiger charge is 2.18. The van der Waals surface area contributed by atoms with Crippen molar-refractivity contribution in [3.63, 3.8) is 0 Å². The van der Waals surface area contributed by atoms with Crippen LogP contribution in [-0.4, -0.2) is 26.5 Å². The van der Waals surface area contributed by atoms with E-state index in [-0.39, 0.29) is 11.9 Å². The normalized spacial score (nSPS) is 12.0. The second kappa shape index (κ2) is 9.25. The lowest BCUT2D eigenvalue weighted by Crippen LogP contribution is -2.29. The van der Waals surface area contributed by atoms with Crippen molar-refractivity contribution in [3.05, 3.63) is 75.8 Å². The van der Waals surface area contributed by atoms with E-state index in [4.69, 9.17) is 5.84 Å². The largest absolute Gasteiger partial charge is 0.344 e. The number of amides is 1. The van der Waals surface area contributed by atoms with E-state index in [1.807, 2.05) is 65.4 Å². The first-order chi connectivity index (χ1) is 14.2. The number of thioether (sulfide) groups is 1. The molecule has 1 unspecified atom stereocenters. The average molecular weight is 442 g/mol. The fourth-order valence-corrected chi connectivity index (χ4v) is 5.14. The molecule has 148 valence electrons. The zero-order valence-electron chi connectivity index (χ0n) is 15.4. The summed E-state index contributed by atoms with van der Waals surface area (Å²) < 4.78 is 1.48. The van der Waals surface area contributed by atoms with Gasteiger partial charge >= 0.3 is 0 Å². The maximum Gasteiger partial charge on any atom is 0.221 e. The lowest BCUT2D eigenvalue weighted by atomic mass is 10.1. The molecular weight excluding hydrogens is 422 g/mol. The molecule has 0 aliphatic heterocycles. The van der Waals surface area contributed by atoms with Gasteiger partial charge in [0.15, 0.2) is 5.82 Å². The lowest BCUT2D eigenvalue weighted by molar-refractivity contribution is -0.121. The Morgan fingerprint density at radius 2 is 1.86 bits per heavy atom. The lowest BCUT2D eigenvalue weighted by Gasteiger charge is -2.18. The Labute approximate surface area is 180 Å². The fraction of sp³-hybridized carbons (Fsp3) is 0.150. The SMILES string of the molecule is Nn1c(SCCC(=O)NC(c2ccccc2)c2cccs2)nnc1-c1cccs1. The van der Waals surface area contributed by atoms with Crippen molar-refractivity contribution in [2.24, 2.45) is 0 Å². The minimum atomic E-state index is -0.141. The number of nitrogens with zero attached hydrogens (tertiary/aromatic N) is 3. The summed E-state index contributed by atoms with van der Waals surface area (Å²) in [7, 11) is 0. The summed E-state index contributed by atoms with van der Waals surface area (Å²) in [4.78, 5) is 14.7. The molecule has 0 saturated heterocycles. The molecule has 0 fully saturated rings. The Morgan fingerprint density at radius 1 is 1.07 bits per heavy atom. The van der Waals surface area contributed by atoms with E-state index in [1.54, 1.807) is 22.7 Å². The van der Waals surface area contributed by atoms with Crippen LogP contribution in [0.5, 0.6) is 0 Å². The van der Waals surface area contributed by atoms with E-state index >= 15 is 0 Å². The van der Waals surface area contributed by atoms with Gasteiger partial charge in [0.1, 0.15) is 0 Å². The number of nitrogens with one attached hydrogen (secondary N) is 1. The number of rotatable bonds is 8. The zero-order valence-corrected chi connectivity index (χ0v) is 17.8. The standard InChI is InChI=1S/C20H19N5OS3/c21-25-19(16-9-5-12-28-16)23-24-20(25)29-13-10-17(26)22-18(15-8-4-11-27-15)14-6-2-1-3-7-14/h1-9,11-12,18H,10,13,21H2,(H,22,26). The summed E-state index contributed by atoms with van der Waals surface area (Å²) in [5.41, 5.74) is 1.07. The molecule has 3 N–H and O–H groups in total. The number of benzene rings is 1. The maximum atomic E-state index is 12.6. The molecule has 0 radical (unpaired) electrons. The van der Waals surface area contributed by atoms with Gasteiger partial charge in [-0.3, -0.25) is 4.79 Å². The second-order valence-electron chi connectivity index (χ2n) is 6.18. The van der Waals surface area contributed by atoms with Gasteiger partial charge in [0.2, 0.25) is 11.1 Å². The van der Waals surface area contributed by atoms with Crippen molar-refractivity contribution in [2.75, 3.05) is 11.6 Å². The zero-order chi connectivity index (χ0) is 20.1. The van der Waals surface area contributed by atoms with Crippen LogP contribution in [0.1, 0.15) is 22.9 Å². The van der Waals surface area contributed by atoms with Gasteiger partial charge < -0.3 is 11.2 Å². The van der Waals surface area contributed by atoms with Crippen molar-refractivity contribution < 1.29 is 4.79 Å². The van der Waals surface area contributed by atoms with E-state index in [2.05, 4.69) is 15.5 Å². The highest BCUT2D eigenvalue weighted by atomic mass is 32.2. The summed E-state index contributed by atoms with van der Waals surface area (Å²) in [6.07, 6.45) is 0.362. The molecule has 6 nitrogen and oxygen atoms in total. The Balaban J connectivity index is 1.36. The highest BCUT2D eigenvalue weighted by molar-refractivity contribution is 7.99. The maximum absolute atomic E-state index is 12.6. The van der Waals surface area contributed by atoms with Crippen LogP contribution in [0.25, 0.3) is 10.7 Å². The van der Waals surface area contributed by atoms with Crippen LogP contribution >= 0.6 is 34.4 Å². The monoisotopic (exact) mass is 441 g/mol. The number of thiophene rings is 2. The third kappa shape index (κ3) is 4.69. The van der Waals surface area contributed by atoms with E-state index < -0.39 is 0 Å². The summed E-state index contributed by atoms with van der Waals surface area (Å²) in [6.45, 7) is 0. The molecule has 0 saturated carbocycles. The molecule has 3 aromatic heterocycles. The molecule has 0 bridgehead atoms. The molecule has 0 spiro atoms. The van der Waals surface area contributed by atoms with E-state index in [0.29, 0.717) is 23.2 Å². The number of nitrogens with two attached hydrogens (primary N) is 1. The third-order valence-corrected chi connectivity index (χ3v) is 6.98. The Kier molecular flexibility index (Phi) is 6.28. The van der Waals surface area contributed by atoms with Crippen LogP contribution in [-0.2, 0) is 4.79 Å². The Bertz CT molecular complexity index is 1050. The molecule has 9 heteroatoms. The molecule has 4 rings (SSSR count). The number of nitrogen functional groups attached to an aromatic ring is 1. The topological polar surface area (TPSA) is 85.8 Å². The van der Waals surface area contributed by atoms with E-state index in [0.717, 1.165) is 15.3 Å². The first-order valence-corrected chi connectivity index (χ1v) is 11.7. The van der Waals surface area contributed by atoms with E-state index in [9.17, 15) is 4.79 Å². The summed E-state index contributed by atoms with van der Waals surface area (Å²) in [5.74, 6) is 7.30. The predicted molar refractivity (Wildman–Crippen MR) is 120 cm³/mol. The quantitative estimate of drug-likeness (QED) is 0.317. The van der Waals surface area contributed by atoms with Gasteiger partial charge in [-0.05, 0) is 28.5 Å². The van der Waals surface area contributed by atoms with Crippen LogP contribution < -0.4 is 11.2 Å². The molecule has 0 aliphatic rings. The number of carbonyl (C=O) groups excluding carboxylic acids is 1. The third-order valence-electron chi connectivity index (χ3n) is 4.23. The fourth-order valence-electron chi connectivity index (χ4n) is 2.84. The van der Waals surface area contributed by atoms with Crippen molar-refractivity contribution in [3.8, 4) is 10.7 Å². The average Bonchev–Trinajstić information content (AvgIpc) is 3.50. The van der Waals surface area contributed by atoms with Crippen molar-refractivity contribution in [1.82, 2.24) is 20.2 Å². The molecule has 4 aromatic rings. The van der Waals surface area contributed by atoms with Crippen LogP contribution in [0.4, 0.5) is 0 Å². The van der Waals surface area contributed by atoms with E-state index in [1.165, 1.54) is 16.4 Å². The highest BCUT2D eigenvalue weighted by Crippen LogP contribution is 2.27. The van der Waals surface area contributed by atoms with Crippen LogP contribution in [0.2, 0.25) is 0 Å². The van der Waals surface area contributed by atoms with Gasteiger partial charge in [-0.1, -0.05) is 54.2 Å². The van der Waals surface area contributed by atoms with Crippen molar-refractivity contribution >= 4 is 40.3 Å². The molecule has 0 aliphatic carbocycles. The molecular formula is C20H19N5OS3. The smallest absolute Gasteiger partial charge is 0.221 e. The van der Waals surface area contributed by atoms with Gasteiger partial charge in [0, 0.05) is 17.1 Å². The molecule has 1 atom stereocenters. The van der Waals surface area contributed by atoms with Gasteiger partial charge in [-0.15, -0.1) is 32.9 Å². The Hall–Kier alpha value is -2.62. The number of hydrogen-bond acceptors (Lipinski definition) is 7. The molecule has 1 aromatic carbocycles. The Morgan fingerprint density at radius 3 is 2.59 bits per heavy atom.